The molecule has 0 spiro atoms. The van der Waals surface area contributed by atoms with Gasteiger partial charge >= 0.3 is 0 Å². The molecule has 0 bridgehead atoms. The van der Waals surface area contributed by atoms with Crippen LogP contribution < -0.4 is 0 Å². The van der Waals surface area contributed by atoms with Crippen molar-refractivity contribution in [2.75, 3.05) is 14.1 Å². The molecule has 3 heteroatoms. The maximum atomic E-state index is 12.2. The maximum absolute atomic E-state index is 12.2. The van der Waals surface area contributed by atoms with Gasteiger partial charge in [0.2, 0.25) is 0 Å². The van der Waals surface area contributed by atoms with Crippen LogP contribution in [0.5, 0.6) is 0 Å². The average Bonchev–Trinajstić information content (AvgIpc) is 2.34. The van der Waals surface area contributed by atoms with Gasteiger partial charge in [-0.15, -0.1) is 0 Å². The van der Waals surface area contributed by atoms with E-state index in [-0.39, 0.29) is 12.0 Å². The van der Waals surface area contributed by atoms with Crippen molar-refractivity contribution in [3.05, 3.63) is 34.3 Å². The zero-order valence-electron chi connectivity index (χ0n) is 11.0. The number of Topliss-reactive ketones (excluding diaryl/α,β-unsaturated/α-hetero) is 1. The highest BCUT2D eigenvalue weighted by molar-refractivity contribution is 9.10. The molecule has 98 valence electrons. The second-order valence-corrected chi connectivity index (χ2v) is 6.10. The Morgan fingerprint density at radius 3 is 2.61 bits per heavy atom. The first kappa shape index (κ1) is 13.8. The summed E-state index contributed by atoms with van der Waals surface area (Å²) in [4.78, 5) is 14.4. The van der Waals surface area contributed by atoms with Gasteiger partial charge in [-0.3, -0.25) is 4.79 Å². The number of carbonyl (C=O) groups is 1. The Bertz CT molecular complexity index is 430. The Balaban J connectivity index is 2.34. The molecule has 0 amide bonds. The van der Waals surface area contributed by atoms with E-state index in [0.717, 1.165) is 23.7 Å². The van der Waals surface area contributed by atoms with E-state index < -0.39 is 0 Å². The molecule has 0 N–H and O–H groups in total. The first-order valence-corrected chi connectivity index (χ1v) is 7.34. The number of rotatable bonds is 3. The molecule has 2 unspecified atom stereocenters. The van der Waals surface area contributed by atoms with Crippen LogP contribution in [0.3, 0.4) is 0 Å². The zero-order valence-corrected chi connectivity index (χ0v) is 12.6. The van der Waals surface area contributed by atoms with E-state index in [4.69, 9.17) is 0 Å². The quantitative estimate of drug-likeness (QED) is 0.846. The van der Waals surface area contributed by atoms with Gasteiger partial charge in [0.05, 0.1) is 0 Å². The largest absolute Gasteiger partial charge is 0.302 e. The minimum absolute atomic E-state index is 0.146. The van der Waals surface area contributed by atoms with Crippen LogP contribution in [0, 0.1) is 5.92 Å². The SMILES string of the molecule is CN(C)C(c1ccccc1Br)C1CCCCC1=O. The van der Waals surface area contributed by atoms with E-state index in [2.05, 4.69) is 47.1 Å². The van der Waals surface area contributed by atoms with Crippen molar-refractivity contribution >= 4 is 21.7 Å². The van der Waals surface area contributed by atoms with Crippen molar-refractivity contribution in [2.24, 2.45) is 5.92 Å². The minimum atomic E-state index is 0.146. The maximum Gasteiger partial charge on any atom is 0.137 e. The average molecular weight is 310 g/mol. The summed E-state index contributed by atoms with van der Waals surface area (Å²) in [5.74, 6) is 0.572. The predicted molar refractivity (Wildman–Crippen MR) is 77.5 cm³/mol. The van der Waals surface area contributed by atoms with Gasteiger partial charge in [0.15, 0.2) is 0 Å². The molecule has 2 rings (SSSR count). The summed E-state index contributed by atoms with van der Waals surface area (Å²) >= 11 is 3.61. The normalized spacial score (nSPS) is 22.2. The Morgan fingerprint density at radius 2 is 2.00 bits per heavy atom. The Labute approximate surface area is 117 Å². The standard InChI is InChI=1S/C15H20BrNO/c1-17(2)15(11-7-3-5-9-13(11)16)12-8-4-6-10-14(12)18/h3,5,7,9,12,15H,4,6,8,10H2,1-2H3. The Morgan fingerprint density at radius 1 is 1.28 bits per heavy atom. The third-order valence-corrected chi connectivity index (χ3v) is 4.49. The molecule has 0 heterocycles. The molecule has 1 aliphatic carbocycles. The molecule has 0 aliphatic heterocycles. The number of halogens is 1. The lowest BCUT2D eigenvalue weighted by molar-refractivity contribution is -0.126. The summed E-state index contributed by atoms with van der Waals surface area (Å²) in [6, 6.07) is 8.43. The first-order valence-electron chi connectivity index (χ1n) is 6.55. The van der Waals surface area contributed by atoms with Crippen LogP contribution in [0.1, 0.15) is 37.3 Å². The topological polar surface area (TPSA) is 20.3 Å². The van der Waals surface area contributed by atoms with Crippen molar-refractivity contribution in [3.8, 4) is 0 Å². The molecule has 1 saturated carbocycles. The van der Waals surface area contributed by atoms with Crippen molar-refractivity contribution in [2.45, 2.75) is 31.7 Å². The number of hydrogen-bond acceptors (Lipinski definition) is 2. The van der Waals surface area contributed by atoms with E-state index in [0.29, 0.717) is 5.78 Å². The summed E-state index contributed by atoms with van der Waals surface area (Å²) in [6.07, 6.45) is 4.00. The van der Waals surface area contributed by atoms with Gasteiger partial charge in [-0.1, -0.05) is 40.5 Å². The van der Waals surface area contributed by atoms with Gasteiger partial charge in [0, 0.05) is 22.9 Å². The molecule has 0 radical (unpaired) electrons. The number of hydrogen-bond donors (Lipinski definition) is 0. The lowest BCUT2D eigenvalue weighted by Gasteiger charge is -2.34. The van der Waals surface area contributed by atoms with E-state index in [1.54, 1.807) is 0 Å². The van der Waals surface area contributed by atoms with Crippen LogP contribution in [0.4, 0.5) is 0 Å². The van der Waals surface area contributed by atoms with Crippen LogP contribution in [0.25, 0.3) is 0 Å². The second-order valence-electron chi connectivity index (χ2n) is 5.25. The fourth-order valence-electron chi connectivity index (χ4n) is 2.91. The number of nitrogens with zero attached hydrogens (tertiary/aromatic N) is 1. The lowest BCUT2D eigenvalue weighted by Crippen LogP contribution is -2.34. The molecule has 18 heavy (non-hydrogen) atoms. The van der Waals surface area contributed by atoms with E-state index in [1.807, 2.05) is 12.1 Å². The van der Waals surface area contributed by atoms with E-state index in [9.17, 15) is 4.79 Å². The number of carbonyl (C=O) groups excluding carboxylic acids is 1. The van der Waals surface area contributed by atoms with Gasteiger partial charge in [-0.2, -0.15) is 0 Å². The predicted octanol–water partition coefficient (Wildman–Crippen LogP) is 3.81. The zero-order chi connectivity index (χ0) is 13.1. The van der Waals surface area contributed by atoms with Crippen LogP contribution in [-0.4, -0.2) is 24.8 Å². The Kier molecular flexibility index (Phi) is 4.57. The van der Waals surface area contributed by atoms with Crippen LogP contribution >= 0.6 is 15.9 Å². The van der Waals surface area contributed by atoms with Crippen molar-refractivity contribution in [1.82, 2.24) is 4.90 Å². The molecule has 0 saturated heterocycles. The highest BCUT2D eigenvalue weighted by Gasteiger charge is 2.33. The lowest BCUT2D eigenvalue weighted by atomic mass is 9.79. The van der Waals surface area contributed by atoms with Crippen molar-refractivity contribution < 1.29 is 4.79 Å². The molecule has 1 aromatic rings. The van der Waals surface area contributed by atoms with Crippen molar-refractivity contribution in [3.63, 3.8) is 0 Å². The molecular formula is C15H20BrNO. The molecular weight excluding hydrogens is 290 g/mol. The molecule has 2 nitrogen and oxygen atoms in total. The summed E-state index contributed by atoms with van der Waals surface area (Å²) in [6.45, 7) is 0. The first-order chi connectivity index (χ1) is 8.61. The summed E-state index contributed by atoms with van der Waals surface area (Å²) in [5.41, 5.74) is 1.22. The van der Waals surface area contributed by atoms with Gasteiger partial charge in [-0.05, 0) is 38.6 Å². The molecule has 2 atom stereocenters. The fourth-order valence-corrected chi connectivity index (χ4v) is 3.43. The van der Waals surface area contributed by atoms with Crippen LogP contribution in [0.2, 0.25) is 0 Å². The fraction of sp³-hybridized carbons (Fsp3) is 0.533. The molecule has 1 aliphatic rings. The van der Waals surface area contributed by atoms with Gasteiger partial charge in [-0.25, -0.2) is 0 Å². The number of ketones is 1. The smallest absolute Gasteiger partial charge is 0.137 e. The number of benzene rings is 1. The Hall–Kier alpha value is -0.670. The van der Waals surface area contributed by atoms with Gasteiger partial charge in [0.1, 0.15) is 5.78 Å². The molecule has 0 aromatic heterocycles. The third-order valence-electron chi connectivity index (χ3n) is 3.76. The minimum Gasteiger partial charge on any atom is -0.302 e. The van der Waals surface area contributed by atoms with Gasteiger partial charge < -0.3 is 4.90 Å². The third kappa shape index (κ3) is 2.83. The summed E-state index contributed by atoms with van der Waals surface area (Å²) < 4.78 is 1.10. The van der Waals surface area contributed by atoms with Gasteiger partial charge in [0.25, 0.3) is 0 Å². The van der Waals surface area contributed by atoms with Crippen LogP contribution in [-0.2, 0) is 4.79 Å². The molecule has 1 aromatic carbocycles. The van der Waals surface area contributed by atoms with Crippen LogP contribution in [0.15, 0.2) is 28.7 Å². The molecule has 1 fully saturated rings. The highest BCUT2D eigenvalue weighted by atomic mass is 79.9. The highest BCUT2D eigenvalue weighted by Crippen LogP contribution is 2.37. The van der Waals surface area contributed by atoms with Crippen molar-refractivity contribution in [1.29, 1.82) is 0 Å². The van der Waals surface area contributed by atoms with E-state index in [1.165, 1.54) is 12.0 Å². The summed E-state index contributed by atoms with van der Waals surface area (Å²) in [7, 11) is 4.12. The second kappa shape index (κ2) is 5.98. The summed E-state index contributed by atoms with van der Waals surface area (Å²) in [5, 5.41) is 0. The monoisotopic (exact) mass is 309 g/mol. The van der Waals surface area contributed by atoms with E-state index >= 15 is 0 Å².